The maximum Gasteiger partial charge on any atom is 0.175 e. The van der Waals surface area contributed by atoms with E-state index in [0.717, 1.165) is 30.5 Å². The van der Waals surface area contributed by atoms with Crippen molar-refractivity contribution in [3.63, 3.8) is 0 Å². The Balaban J connectivity index is 1.26. The summed E-state index contributed by atoms with van der Waals surface area (Å²) >= 11 is 0. The standard InChI is InChI=1S/C29H33FN4O3/c1-17-13-20-21(33-17)5-6-24(28(20)30)37-23-8-12-32-22-15-26(25(35-2)14-19(22)23)36-16-29(9-10-29)27(7-11-31)34-18-3-4-18/h5-6,8,12-15,18,27,33-34H,3-4,7,9-11,16,31H2,1-2H3. The monoisotopic (exact) mass is 504 g/mol. The summed E-state index contributed by atoms with van der Waals surface area (Å²) in [5.41, 5.74) is 8.35. The van der Waals surface area contributed by atoms with Gasteiger partial charge in [0.15, 0.2) is 23.1 Å². The molecule has 194 valence electrons. The van der Waals surface area contributed by atoms with E-state index in [4.69, 9.17) is 19.9 Å². The number of H-pyrrole nitrogens is 1. The van der Waals surface area contributed by atoms with E-state index < -0.39 is 5.82 Å². The number of nitrogens with two attached hydrogens (primary N) is 1. The van der Waals surface area contributed by atoms with Crippen molar-refractivity contribution in [2.75, 3.05) is 20.3 Å². The second-order valence-corrected chi connectivity index (χ2v) is 10.4. The van der Waals surface area contributed by atoms with Crippen LogP contribution in [0.15, 0.2) is 42.6 Å². The van der Waals surface area contributed by atoms with Crippen molar-refractivity contribution in [1.82, 2.24) is 15.3 Å². The van der Waals surface area contributed by atoms with Crippen LogP contribution in [-0.2, 0) is 0 Å². The number of aromatic nitrogens is 2. The Bertz CT molecular complexity index is 1440. The Morgan fingerprint density at radius 2 is 1.95 bits per heavy atom. The number of fused-ring (bicyclic) bond motifs is 2. The van der Waals surface area contributed by atoms with Crippen LogP contribution in [0.3, 0.4) is 0 Å². The molecule has 4 N–H and O–H groups in total. The molecule has 2 aliphatic carbocycles. The lowest BCUT2D eigenvalue weighted by atomic mass is 9.94. The van der Waals surface area contributed by atoms with E-state index in [0.29, 0.717) is 58.8 Å². The van der Waals surface area contributed by atoms with E-state index in [-0.39, 0.29) is 11.2 Å². The van der Waals surface area contributed by atoms with E-state index in [9.17, 15) is 0 Å². The van der Waals surface area contributed by atoms with Crippen LogP contribution < -0.4 is 25.3 Å². The van der Waals surface area contributed by atoms with Gasteiger partial charge < -0.3 is 30.2 Å². The normalized spacial score (nSPS) is 17.2. The number of methoxy groups -OCH3 is 1. The topological polar surface area (TPSA) is 94.4 Å². The molecule has 2 aliphatic rings. The first-order valence-corrected chi connectivity index (χ1v) is 13.0. The highest BCUT2D eigenvalue weighted by atomic mass is 19.1. The molecule has 1 atom stereocenters. The molecule has 6 rings (SSSR count). The predicted molar refractivity (Wildman–Crippen MR) is 142 cm³/mol. The molecule has 0 radical (unpaired) electrons. The molecule has 2 aromatic heterocycles. The van der Waals surface area contributed by atoms with Gasteiger partial charge in [0.1, 0.15) is 5.75 Å². The van der Waals surface area contributed by atoms with Crippen molar-refractivity contribution in [2.45, 2.75) is 51.1 Å². The van der Waals surface area contributed by atoms with E-state index in [2.05, 4.69) is 15.3 Å². The van der Waals surface area contributed by atoms with Gasteiger partial charge in [0.05, 0.1) is 19.2 Å². The summed E-state index contributed by atoms with van der Waals surface area (Å²) in [7, 11) is 1.62. The first-order valence-electron chi connectivity index (χ1n) is 13.0. The highest BCUT2D eigenvalue weighted by Gasteiger charge is 2.51. The SMILES string of the molecule is COc1cc2c(Oc3ccc4[nH]c(C)cc4c3F)ccnc2cc1OCC1(C(CCN)NC2CC2)CC1. The van der Waals surface area contributed by atoms with E-state index in [1.54, 1.807) is 31.5 Å². The number of nitrogens with zero attached hydrogens (tertiary/aromatic N) is 1. The maximum atomic E-state index is 15.2. The highest BCUT2D eigenvalue weighted by Crippen LogP contribution is 2.51. The summed E-state index contributed by atoms with van der Waals surface area (Å²) in [5.74, 6) is 1.47. The van der Waals surface area contributed by atoms with Gasteiger partial charge in [-0.25, -0.2) is 4.39 Å². The quantitative estimate of drug-likeness (QED) is 0.246. The molecule has 0 amide bonds. The molecule has 2 saturated carbocycles. The summed E-state index contributed by atoms with van der Waals surface area (Å²) < 4.78 is 33.3. The van der Waals surface area contributed by atoms with Crippen molar-refractivity contribution in [1.29, 1.82) is 0 Å². The number of pyridine rings is 1. The lowest BCUT2D eigenvalue weighted by Gasteiger charge is -2.28. The van der Waals surface area contributed by atoms with Crippen molar-refractivity contribution in [2.24, 2.45) is 11.1 Å². The van der Waals surface area contributed by atoms with Gasteiger partial charge in [-0.05, 0) is 75.9 Å². The second-order valence-electron chi connectivity index (χ2n) is 10.4. The van der Waals surface area contributed by atoms with Crippen molar-refractivity contribution < 1.29 is 18.6 Å². The summed E-state index contributed by atoms with van der Waals surface area (Å²) in [6, 6.07) is 11.7. The molecular weight excluding hydrogens is 471 g/mol. The summed E-state index contributed by atoms with van der Waals surface area (Å²) in [5, 5.41) is 5.00. The first kappa shape index (κ1) is 24.0. The molecule has 0 aliphatic heterocycles. The number of ether oxygens (including phenoxy) is 3. The Morgan fingerprint density at radius 3 is 2.68 bits per heavy atom. The molecule has 0 spiro atoms. The number of aryl methyl sites for hydroxylation is 1. The van der Waals surface area contributed by atoms with Crippen LogP contribution in [0.4, 0.5) is 4.39 Å². The van der Waals surface area contributed by atoms with Gasteiger partial charge in [-0.15, -0.1) is 0 Å². The third kappa shape index (κ3) is 4.71. The second kappa shape index (κ2) is 9.50. The summed E-state index contributed by atoms with van der Waals surface area (Å²) in [6.07, 6.45) is 7.34. The fourth-order valence-corrected chi connectivity index (χ4v) is 5.22. The molecule has 4 aromatic rings. The van der Waals surface area contributed by atoms with Crippen LogP contribution in [0.5, 0.6) is 23.0 Å². The molecular formula is C29H33FN4O3. The smallest absolute Gasteiger partial charge is 0.175 e. The minimum Gasteiger partial charge on any atom is -0.493 e. The van der Waals surface area contributed by atoms with Crippen LogP contribution in [0, 0.1) is 18.2 Å². The van der Waals surface area contributed by atoms with Crippen LogP contribution in [0.25, 0.3) is 21.8 Å². The van der Waals surface area contributed by atoms with Gasteiger partial charge in [0, 0.05) is 51.7 Å². The van der Waals surface area contributed by atoms with Crippen LogP contribution in [0.2, 0.25) is 0 Å². The van der Waals surface area contributed by atoms with Gasteiger partial charge in [-0.2, -0.15) is 0 Å². The van der Waals surface area contributed by atoms with Gasteiger partial charge in [-0.1, -0.05) is 0 Å². The molecule has 2 heterocycles. The van der Waals surface area contributed by atoms with Gasteiger partial charge in [-0.3, -0.25) is 4.98 Å². The van der Waals surface area contributed by atoms with Crippen molar-refractivity contribution in [3.8, 4) is 23.0 Å². The first-order chi connectivity index (χ1) is 18.0. The van der Waals surface area contributed by atoms with Crippen LogP contribution >= 0.6 is 0 Å². The summed E-state index contributed by atoms with van der Waals surface area (Å²) in [4.78, 5) is 7.67. The van der Waals surface area contributed by atoms with Gasteiger partial charge in [0.25, 0.3) is 0 Å². The molecule has 2 fully saturated rings. The third-order valence-electron chi connectivity index (χ3n) is 7.66. The largest absolute Gasteiger partial charge is 0.493 e. The Morgan fingerprint density at radius 1 is 1.11 bits per heavy atom. The molecule has 8 heteroatoms. The van der Waals surface area contributed by atoms with Crippen molar-refractivity contribution >= 4 is 21.8 Å². The van der Waals surface area contributed by atoms with Gasteiger partial charge >= 0.3 is 0 Å². The third-order valence-corrected chi connectivity index (χ3v) is 7.66. The van der Waals surface area contributed by atoms with Crippen LogP contribution in [0.1, 0.15) is 37.8 Å². The number of rotatable bonds is 11. The molecule has 0 bridgehead atoms. The fourth-order valence-electron chi connectivity index (χ4n) is 5.22. The van der Waals surface area contributed by atoms with E-state index in [1.807, 2.05) is 25.1 Å². The maximum absolute atomic E-state index is 15.2. The Labute approximate surface area is 215 Å². The number of hydrogen-bond acceptors (Lipinski definition) is 6. The minimum atomic E-state index is -0.402. The lowest BCUT2D eigenvalue weighted by molar-refractivity contribution is 0.179. The number of nitrogens with one attached hydrogen (secondary N) is 2. The van der Waals surface area contributed by atoms with E-state index in [1.165, 1.54) is 12.8 Å². The number of benzene rings is 2. The Kier molecular flexibility index (Phi) is 6.16. The average Bonchev–Trinajstić information content (AvgIpc) is 3.82. The fraction of sp³-hybridized carbons (Fsp3) is 0.414. The molecule has 1 unspecified atom stereocenters. The van der Waals surface area contributed by atoms with Crippen molar-refractivity contribution in [3.05, 3.63) is 54.1 Å². The lowest BCUT2D eigenvalue weighted by Crippen LogP contribution is -2.43. The number of aromatic amines is 1. The van der Waals surface area contributed by atoms with E-state index >= 15 is 4.39 Å². The molecule has 37 heavy (non-hydrogen) atoms. The highest BCUT2D eigenvalue weighted by molar-refractivity contribution is 5.89. The van der Waals surface area contributed by atoms with Gasteiger partial charge in [0.2, 0.25) is 0 Å². The zero-order valence-corrected chi connectivity index (χ0v) is 21.3. The average molecular weight is 505 g/mol. The molecule has 7 nitrogen and oxygen atoms in total. The predicted octanol–water partition coefficient (Wildman–Crippen LogP) is 5.59. The minimum absolute atomic E-state index is 0.104. The Hall–Kier alpha value is -3.36. The zero-order valence-electron chi connectivity index (χ0n) is 21.3. The summed E-state index contributed by atoms with van der Waals surface area (Å²) in [6.45, 7) is 3.15. The number of hydrogen-bond donors (Lipinski definition) is 3. The van der Waals surface area contributed by atoms with Crippen LogP contribution in [-0.4, -0.2) is 42.3 Å². The zero-order chi connectivity index (χ0) is 25.6. The molecule has 0 saturated heterocycles. The number of halogens is 1. The molecule has 2 aromatic carbocycles.